The Morgan fingerprint density at radius 3 is 2.81 bits per heavy atom. The summed E-state index contributed by atoms with van der Waals surface area (Å²) in [5, 5.41) is 27.4. The highest BCUT2D eigenvalue weighted by Gasteiger charge is 2.35. The average molecular weight is 296 g/mol. The largest absolute Gasteiger partial charge is 0.395 e. The van der Waals surface area contributed by atoms with Gasteiger partial charge in [-0.3, -0.25) is 14.3 Å². The molecule has 1 aromatic rings. The van der Waals surface area contributed by atoms with Crippen molar-refractivity contribution in [2.75, 3.05) is 13.2 Å². The van der Waals surface area contributed by atoms with Crippen LogP contribution in [0.5, 0.6) is 0 Å². The predicted molar refractivity (Wildman–Crippen MR) is 71.5 cm³/mol. The molecule has 0 bridgehead atoms. The van der Waals surface area contributed by atoms with E-state index in [9.17, 15) is 14.7 Å². The molecule has 8 nitrogen and oxygen atoms in total. The van der Waals surface area contributed by atoms with Gasteiger partial charge in [-0.05, 0) is 0 Å². The van der Waals surface area contributed by atoms with Crippen LogP contribution in [0.25, 0.3) is 0 Å². The minimum Gasteiger partial charge on any atom is -0.395 e. The van der Waals surface area contributed by atoms with Gasteiger partial charge in [-0.2, -0.15) is 0 Å². The van der Waals surface area contributed by atoms with Crippen molar-refractivity contribution in [1.82, 2.24) is 9.55 Å². The zero-order valence-corrected chi connectivity index (χ0v) is 11.2. The van der Waals surface area contributed by atoms with E-state index in [0.717, 1.165) is 4.57 Å². The van der Waals surface area contributed by atoms with Gasteiger partial charge in [0.2, 0.25) is 0 Å². The maximum Gasteiger partial charge on any atom is 0.330 e. The number of rotatable bonds is 3. The summed E-state index contributed by atoms with van der Waals surface area (Å²) in [6.45, 7) is -0.487. The van der Waals surface area contributed by atoms with Gasteiger partial charge in [0, 0.05) is 19.0 Å². The Kier molecular flexibility index (Phi) is 4.93. The molecule has 0 amide bonds. The van der Waals surface area contributed by atoms with Crippen LogP contribution >= 0.6 is 0 Å². The van der Waals surface area contributed by atoms with E-state index in [1.54, 1.807) is 0 Å². The van der Waals surface area contributed by atoms with Crippen molar-refractivity contribution in [3.05, 3.63) is 32.6 Å². The molecule has 0 spiro atoms. The van der Waals surface area contributed by atoms with Crippen molar-refractivity contribution in [3.8, 4) is 11.8 Å². The molecule has 1 aliphatic rings. The Morgan fingerprint density at radius 2 is 2.19 bits per heavy atom. The first kappa shape index (κ1) is 15.5. The molecule has 4 N–H and O–H groups in total. The molecule has 2 rings (SSSR count). The summed E-state index contributed by atoms with van der Waals surface area (Å²) in [4.78, 5) is 25.5. The van der Waals surface area contributed by atoms with Crippen LogP contribution in [0.1, 0.15) is 24.6 Å². The van der Waals surface area contributed by atoms with E-state index in [-0.39, 0.29) is 31.6 Å². The minimum atomic E-state index is -0.886. The molecule has 1 fully saturated rings. The number of aliphatic hydroxyl groups is 3. The van der Waals surface area contributed by atoms with Crippen molar-refractivity contribution >= 4 is 0 Å². The number of hydrogen-bond acceptors (Lipinski definition) is 6. The van der Waals surface area contributed by atoms with E-state index < -0.39 is 29.7 Å². The monoisotopic (exact) mass is 296 g/mol. The molecule has 114 valence electrons. The van der Waals surface area contributed by atoms with E-state index in [1.165, 1.54) is 6.20 Å². The first-order chi connectivity index (χ1) is 10.1. The zero-order valence-electron chi connectivity index (χ0n) is 11.2. The van der Waals surface area contributed by atoms with Gasteiger partial charge in [0.1, 0.15) is 17.9 Å². The highest BCUT2D eigenvalue weighted by Crippen LogP contribution is 2.27. The van der Waals surface area contributed by atoms with Crippen LogP contribution in [-0.2, 0) is 4.74 Å². The van der Waals surface area contributed by atoms with Crippen LogP contribution < -0.4 is 11.2 Å². The molecule has 0 radical (unpaired) electrons. The fraction of sp³-hybridized carbons (Fsp3) is 0.538. The highest BCUT2D eigenvalue weighted by atomic mass is 16.5. The summed E-state index contributed by atoms with van der Waals surface area (Å²) in [5.74, 6) is 5.15. The lowest BCUT2D eigenvalue weighted by molar-refractivity contribution is -0.0459. The maximum absolute atomic E-state index is 11.8. The smallest absolute Gasteiger partial charge is 0.330 e. The molecule has 3 atom stereocenters. The van der Waals surface area contributed by atoms with E-state index in [1.807, 2.05) is 0 Å². The lowest BCUT2D eigenvalue weighted by Crippen LogP contribution is -2.33. The summed E-state index contributed by atoms with van der Waals surface area (Å²) >= 11 is 0. The molecule has 8 heteroatoms. The number of aliphatic hydroxyl groups excluding tert-OH is 3. The van der Waals surface area contributed by atoms with Crippen LogP contribution in [0.2, 0.25) is 0 Å². The summed E-state index contributed by atoms with van der Waals surface area (Å²) in [6, 6.07) is 0. The summed E-state index contributed by atoms with van der Waals surface area (Å²) in [6.07, 6.45) is -0.840. The Bertz CT molecular complexity index is 668. The highest BCUT2D eigenvalue weighted by molar-refractivity contribution is 5.29. The second kappa shape index (κ2) is 6.69. The molecule has 21 heavy (non-hydrogen) atoms. The van der Waals surface area contributed by atoms with E-state index in [0.29, 0.717) is 0 Å². The molecule has 1 unspecified atom stereocenters. The molecular weight excluding hydrogens is 280 g/mol. The second-order valence-corrected chi connectivity index (χ2v) is 4.60. The van der Waals surface area contributed by atoms with Gasteiger partial charge in [-0.1, -0.05) is 11.8 Å². The lowest BCUT2D eigenvalue weighted by Gasteiger charge is -2.14. The van der Waals surface area contributed by atoms with Crippen LogP contribution in [0.3, 0.4) is 0 Å². The number of H-pyrrole nitrogens is 1. The summed E-state index contributed by atoms with van der Waals surface area (Å²) in [7, 11) is 0. The third-order valence-corrected chi connectivity index (χ3v) is 3.12. The van der Waals surface area contributed by atoms with Crippen LogP contribution in [0, 0.1) is 11.8 Å². The van der Waals surface area contributed by atoms with Crippen molar-refractivity contribution < 1.29 is 20.1 Å². The Hall–Kier alpha value is -1.92. The number of aromatic amines is 1. The number of hydrogen-bond donors (Lipinski definition) is 4. The normalized spacial score (nSPS) is 24.6. The SMILES string of the molecule is O=c1[nH]c(=O)n([C@@H]2CC(O)[C@H](CO)O2)cc1C#CCCO. The summed E-state index contributed by atoms with van der Waals surface area (Å²) < 4.78 is 6.49. The fourth-order valence-corrected chi connectivity index (χ4v) is 2.05. The fourth-order valence-electron chi connectivity index (χ4n) is 2.05. The Balaban J connectivity index is 2.33. The molecule has 1 aromatic heterocycles. The maximum atomic E-state index is 11.8. The van der Waals surface area contributed by atoms with Crippen molar-refractivity contribution in [1.29, 1.82) is 0 Å². The number of ether oxygens (including phenoxy) is 1. The molecule has 0 aliphatic carbocycles. The predicted octanol–water partition coefficient (Wildman–Crippen LogP) is -2.09. The quantitative estimate of drug-likeness (QED) is 0.474. The number of aromatic nitrogens is 2. The van der Waals surface area contributed by atoms with Crippen LogP contribution in [0.4, 0.5) is 0 Å². The lowest BCUT2D eigenvalue weighted by atomic mass is 10.2. The first-order valence-corrected chi connectivity index (χ1v) is 6.46. The molecule has 1 saturated heterocycles. The van der Waals surface area contributed by atoms with Gasteiger partial charge in [0.05, 0.1) is 19.3 Å². The molecule has 1 aliphatic heterocycles. The van der Waals surface area contributed by atoms with Crippen LogP contribution in [-0.4, -0.2) is 50.3 Å². The molecule has 0 aromatic carbocycles. The third kappa shape index (κ3) is 3.40. The van der Waals surface area contributed by atoms with Gasteiger partial charge < -0.3 is 20.1 Å². The summed E-state index contributed by atoms with van der Waals surface area (Å²) in [5.41, 5.74) is -1.24. The van der Waals surface area contributed by atoms with E-state index in [4.69, 9.17) is 14.9 Å². The number of nitrogens with zero attached hydrogens (tertiary/aromatic N) is 1. The second-order valence-electron chi connectivity index (χ2n) is 4.60. The van der Waals surface area contributed by atoms with Gasteiger partial charge >= 0.3 is 5.69 Å². The van der Waals surface area contributed by atoms with Gasteiger partial charge in [0.25, 0.3) is 5.56 Å². The Morgan fingerprint density at radius 1 is 1.43 bits per heavy atom. The van der Waals surface area contributed by atoms with Crippen molar-refractivity contribution in [3.63, 3.8) is 0 Å². The van der Waals surface area contributed by atoms with E-state index >= 15 is 0 Å². The van der Waals surface area contributed by atoms with Gasteiger partial charge in [-0.25, -0.2) is 4.79 Å². The van der Waals surface area contributed by atoms with Crippen molar-refractivity contribution in [2.24, 2.45) is 0 Å². The van der Waals surface area contributed by atoms with E-state index in [2.05, 4.69) is 16.8 Å². The average Bonchev–Trinajstić information content (AvgIpc) is 2.82. The topological polar surface area (TPSA) is 125 Å². The molecule has 2 heterocycles. The molecular formula is C13H16N2O6. The zero-order chi connectivity index (χ0) is 15.4. The minimum absolute atomic E-state index is 0.0635. The first-order valence-electron chi connectivity index (χ1n) is 6.46. The Labute approximate surface area is 119 Å². The van der Waals surface area contributed by atoms with Gasteiger partial charge in [-0.15, -0.1) is 0 Å². The van der Waals surface area contributed by atoms with Crippen molar-refractivity contribution in [2.45, 2.75) is 31.3 Å². The van der Waals surface area contributed by atoms with Gasteiger partial charge in [0.15, 0.2) is 0 Å². The third-order valence-electron chi connectivity index (χ3n) is 3.12. The number of nitrogens with one attached hydrogen (secondary N) is 1. The van der Waals surface area contributed by atoms with Crippen LogP contribution in [0.15, 0.2) is 15.8 Å². The standard InChI is InChI=1S/C13H16N2O6/c16-4-2-1-3-8-6-15(13(20)14-12(8)19)11-5-9(18)10(7-17)21-11/h6,9-11,16-18H,2,4-5,7H2,(H,14,19,20)/t9?,10-,11-/m0/s1. The molecule has 0 saturated carbocycles.